The summed E-state index contributed by atoms with van der Waals surface area (Å²) in [7, 11) is 0. The average molecular weight is 450 g/mol. The molecule has 0 spiro atoms. The van der Waals surface area contributed by atoms with E-state index < -0.39 is 0 Å². The van der Waals surface area contributed by atoms with Crippen LogP contribution in [0.4, 0.5) is 0 Å². The fourth-order valence-electron chi connectivity index (χ4n) is 3.17. The lowest BCUT2D eigenvalue weighted by Gasteiger charge is -2.23. The average Bonchev–Trinajstić information content (AvgIpc) is 3.49. The first-order chi connectivity index (χ1) is 15.3. The maximum absolute atomic E-state index is 13.1. The number of amides is 1. The molecule has 1 amide bonds. The molecule has 0 unspecified atom stereocenters. The second-order valence-electron chi connectivity index (χ2n) is 7.02. The molecule has 0 aliphatic carbocycles. The normalized spacial score (nSPS) is 10.8. The van der Waals surface area contributed by atoms with Crippen LogP contribution in [-0.4, -0.2) is 43.3 Å². The predicted octanol–water partition coefficient (Wildman–Crippen LogP) is 4.15. The number of tetrazole rings is 1. The molecule has 2 heterocycles. The van der Waals surface area contributed by atoms with Crippen LogP contribution in [0.2, 0.25) is 0 Å². The maximum atomic E-state index is 13.1. The van der Waals surface area contributed by atoms with E-state index in [1.165, 1.54) is 22.2 Å². The molecule has 0 saturated carbocycles. The van der Waals surface area contributed by atoms with E-state index in [4.69, 9.17) is 0 Å². The summed E-state index contributed by atoms with van der Waals surface area (Å²) in [6.45, 7) is 1.87. The number of aromatic nitrogens is 4. The molecule has 4 aromatic rings. The summed E-state index contributed by atoms with van der Waals surface area (Å²) in [5.41, 5.74) is 2.34. The molecule has 4 rings (SSSR count). The monoisotopic (exact) mass is 449 g/mol. The Morgan fingerprint density at radius 1 is 0.968 bits per heavy atom. The summed E-state index contributed by atoms with van der Waals surface area (Å²) in [4.78, 5) is 16.2. The lowest BCUT2D eigenvalue weighted by atomic mass is 10.1. The minimum absolute atomic E-state index is 0.0791. The molecule has 158 valence electrons. The third kappa shape index (κ3) is 6.26. The van der Waals surface area contributed by atoms with Crippen LogP contribution in [0.15, 0.2) is 83.3 Å². The van der Waals surface area contributed by atoms with Crippen LogP contribution in [0.1, 0.15) is 16.0 Å². The van der Waals surface area contributed by atoms with Crippen molar-refractivity contribution in [3.05, 3.63) is 94.2 Å². The number of carbonyl (C=O) groups is 1. The number of benzene rings is 2. The first kappa shape index (κ1) is 21.3. The van der Waals surface area contributed by atoms with Crippen LogP contribution in [-0.2, 0) is 24.3 Å². The molecule has 0 aliphatic rings. The van der Waals surface area contributed by atoms with Crippen molar-refractivity contribution in [2.45, 2.75) is 24.7 Å². The molecule has 8 heteroatoms. The predicted molar refractivity (Wildman–Crippen MR) is 124 cm³/mol. The molecule has 0 atom stereocenters. The van der Waals surface area contributed by atoms with Gasteiger partial charge in [0.1, 0.15) is 0 Å². The molecule has 6 nitrogen and oxygen atoms in total. The number of rotatable bonds is 10. The summed E-state index contributed by atoms with van der Waals surface area (Å²) in [5, 5.41) is 14.7. The Morgan fingerprint density at radius 2 is 1.71 bits per heavy atom. The highest BCUT2D eigenvalue weighted by Crippen LogP contribution is 2.18. The van der Waals surface area contributed by atoms with E-state index in [-0.39, 0.29) is 5.91 Å². The van der Waals surface area contributed by atoms with Gasteiger partial charge in [-0.05, 0) is 39.4 Å². The molecule has 0 aliphatic heterocycles. The molecule has 0 saturated heterocycles. The fourth-order valence-corrected chi connectivity index (χ4v) is 4.64. The third-order valence-electron chi connectivity index (χ3n) is 4.79. The van der Waals surface area contributed by atoms with Gasteiger partial charge in [0.25, 0.3) is 0 Å². The minimum Gasteiger partial charge on any atom is -0.337 e. The van der Waals surface area contributed by atoms with Crippen molar-refractivity contribution >= 4 is 29.0 Å². The summed E-state index contributed by atoms with van der Waals surface area (Å²) < 4.78 is 1.75. The van der Waals surface area contributed by atoms with Crippen LogP contribution < -0.4 is 0 Å². The first-order valence-corrected chi connectivity index (χ1v) is 11.9. The Morgan fingerprint density at radius 3 is 2.42 bits per heavy atom. The molecule has 0 N–H and O–H groups in total. The van der Waals surface area contributed by atoms with E-state index in [9.17, 15) is 4.79 Å². The highest BCUT2D eigenvalue weighted by Gasteiger charge is 2.17. The largest absolute Gasteiger partial charge is 0.337 e. The Balaban J connectivity index is 1.40. The molecule has 0 radical (unpaired) electrons. The van der Waals surface area contributed by atoms with Crippen LogP contribution in [0.3, 0.4) is 0 Å². The van der Waals surface area contributed by atoms with Crippen molar-refractivity contribution in [1.29, 1.82) is 0 Å². The lowest BCUT2D eigenvalue weighted by Crippen LogP contribution is -2.34. The quantitative estimate of drug-likeness (QED) is 0.340. The van der Waals surface area contributed by atoms with Gasteiger partial charge < -0.3 is 4.90 Å². The number of thioether (sulfide) groups is 1. The van der Waals surface area contributed by atoms with Crippen molar-refractivity contribution in [3.63, 3.8) is 0 Å². The number of hydrogen-bond acceptors (Lipinski definition) is 6. The van der Waals surface area contributed by atoms with Gasteiger partial charge in [-0.1, -0.05) is 78.5 Å². The van der Waals surface area contributed by atoms with Gasteiger partial charge in [0, 0.05) is 18.0 Å². The zero-order valence-corrected chi connectivity index (χ0v) is 18.6. The second kappa shape index (κ2) is 10.9. The maximum Gasteiger partial charge on any atom is 0.233 e. The van der Waals surface area contributed by atoms with Gasteiger partial charge >= 0.3 is 0 Å². The van der Waals surface area contributed by atoms with Crippen molar-refractivity contribution in [3.8, 4) is 0 Å². The molecule has 0 bridgehead atoms. The summed E-state index contributed by atoms with van der Waals surface area (Å²) >= 11 is 3.05. The lowest BCUT2D eigenvalue weighted by molar-refractivity contribution is -0.128. The van der Waals surface area contributed by atoms with E-state index in [0.29, 0.717) is 30.5 Å². The summed E-state index contributed by atoms with van der Waals surface area (Å²) in [5.74, 6) is 0.377. The molecular weight excluding hydrogens is 426 g/mol. The molecule has 2 aromatic carbocycles. The minimum atomic E-state index is 0.0791. The molecule has 0 fully saturated rings. The molecule has 2 aromatic heterocycles. The second-order valence-corrected chi connectivity index (χ2v) is 9.00. The van der Waals surface area contributed by atoms with Crippen LogP contribution >= 0.6 is 23.1 Å². The van der Waals surface area contributed by atoms with Gasteiger partial charge in [0.05, 0.1) is 12.3 Å². The van der Waals surface area contributed by atoms with Crippen molar-refractivity contribution in [2.75, 3.05) is 12.3 Å². The number of thiophene rings is 1. The topological polar surface area (TPSA) is 63.9 Å². The Kier molecular flexibility index (Phi) is 7.46. The van der Waals surface area contributed by atoms with Crippen LogP contribution in [0.25, 0.3) is 0 Å². The Hall–Kier alpha value is -2.97. The van der Waals surface area contributed by atoms with Crippen molar-refractivity contribution in [2.24, 2.45) is 0 Å². The first-order valence-electron chi connectivity index (χ1n) is 10.0. The third-order valence-corrected chi connectivity index (χ3v) is 6.59. The van der Waals surface area contributed by atoms with Crippen LogP contribution in [0.5, 0.6) is 0 Å². The number of carbonyl (C=O) groups excluding carboxylic acids is 1. The number of nitrogens with zero attached hydrogens (tertiary/aromatic N) is 5. The molecular formula is C23H23N5OS2. The Labute approximate surface area is 189 Å². The zero-order valence-electron chi connectivity index (χ0n) is 17.0. The van der Waals surface area contributed by atoms with E-state index in [0.717, 1.165) is 12.0 Å². The smallest absolute Gasteiger partial charge is 0.233 e. The van der Waals surface area contributed by atoms with E-state index in [1.54, 1.807) is 16.0 Å². The standard InChI is InChI=1S/C23H23N5OS2/c29-22(18-31-23-24-25-26-28(23)17-21-12-7-15-30-21)27(16-20-10-5-2-6-11-20)14-13-19-8-3-1-4-9-19/h1-12,15H,13-14,16-18H2. The van der Waals surface area contributed by atoms with Gasteiger partial charge in [-0.25, -0.2) is 4.68 Å². The van der Waals surface area contributed by atoms with Gasteiger partial charge in [0.2, 0.25) is 11.1 Å². The highest BCUT2D eigenvalue weighted by atomic mass is 32.2. The fraction of sp³-hybridized carbons (Fsp3) is 0.217. The van der Waals surface area contributed by atoms with Crippen molar-refractivity contribution in [1.82, 2.24) is 25.1 Å². The Bertz CT molecular complexity index is 1070. The van der Waals surface area contributed by atoms with E-state index >= 15 is 0 Å². The summed E-state index contributed by atoms with van der Waals surface area (Å²) in [6, 6.07) is 24.4. The van der Waals surface area contributed by atoms with Gasteiger partial charge in [-0.2, -0.15) is 0 Å². The number of hydrogen-bond donors (Lipinski definition) is 0. The van der Waals surface area contributed by atoms with Gasteiger partial charge in [0.15, 0.2) is 0 Å². The highest BCUT2D eigenvalue weighted by molar-refractivity contribution is 7.99. The van der Waals surface area contributed by atoms with Crippen molar-refractivity contribution < 1.29 is 4.79 Å². The molecule has 31 heavy (non-hydrogen) atoms. The van der Waals surface area contributed by atoms with Crippen LogP contribution in [0, 0.1) is 0 Å². The van der Waals surface area contributed by atoms with E-state index in [2.05, 4.69) is 45.9 Å². The van der Waals surface area contributed by atoms with Gasteiger partial charge in [-0.15, -0.1) is 16.4 Å². The summed E-state index contributed by atoms with van der Waals surface area (Å²) in [6.07, 6.45) is 0.820. The van der Waals surface area contributed by atoms with Gasteiger partial charge in [-0.3, -0.25) is 4.79 Å². The van der Waals surface area contributed by atoms with E-state index in [1.807, 2.05) is 52.7 Å². The zero-order chi connectivity index (χ0) is 21.3. The SMILES string of the molecule is O=C(CSc1nnnn1Cc1cccs1)N(CCc1ccccc1)Cc1ccccc1.